The van der Waals surface area contributed by atoms with Crippen LogP contribution in [0.15, 0.2) is 0 Å². The molecule has 0 saturated carbocycles. The lowest BCUT2D eigenvalue weighted by Gasteiger charge is -2.09. The van der Waals surface area contributed by atoms with Gasteiger partial charge in [0.25, 0.3) is 0 Å². The predicted molar refractivity (Wildman–Crippen MR) is 98.1 cm³/mol. The Balaban J connectivity index is 2.96. The van der Waals surface area contributed by atoms with Gasteiger partial charge in [-0.25, -0.2) is 0 Å². The van der Waals surface area contributed by atoms with Crippen LogP contribution in [0.3, 0.4) is 0 Å². The molecule has 0 spiro atoms. The average molecular weight is 298 g/mol. The van der Waals surface area contributed by atoms with Crippen LogP contribution in [-0.4, -0.2) is 13.1 Å². The highest BCUT2D eigenvalue weighted by atomic mass is 14.8. The van der Waals surface area contributed by atoms with E-state index in [-0.39, 0.29) is 0 Å². The summed E-state index contributed by atoms with van der Waals surface area (Å²) in [6, 6.07) is 0.701. The lowest BCUT2D eigenvalue weighted by molar-refractivity contribution is 0.499. The summed E-state index contributed by atoms with van der Waals surface area (Å²) in [6.45, 7) is 4.58. The molecule has 0 aliphatic rings. The van der Waals surface area contributed by atoms with Crippen molar-refractivity contribution in [3.8, 4) is 0 Å². The van der Waals surface area contributed by atoms with E-state index in [1.165, 1.54) is 103 Å². The van der Waals surface area contributed by atoms with Gasteiger partial charge in [0.15, 0.2) is 0 Å². The molecular weight excluding hydrogens is 254 g/mol. The zero-order valence-electron chi connectivity index (χ0n) is 15.4. The van der Waals surface area contributed by atoms with Gasteiger partial charge in [0.2, 0.25) is 0 Å². The highest BCUT2D eigenvalue weighted by Crippen LogP contribution is 2.13. The Bertz CT molecular complexity index is 179. The van der Waals surface area contributed by atoms with E-state index in [0.717, 1.165) is 0 Å². The zero-order valence-corrected chi connectivity index (χ0v) is 15.4. The van der Waals surface area contributed by atoms with Crippen LogP contribution in [0.4, 0.5) is 0 Å². The molecule has 0 bridgehead atoms. The van der Waals surface area contributed by atoms with Gasteiger partial charge in [0, 0.05) is 6.04 Å². The molecule has 0 aromatic carbocycles. The first-order valence-electron chi connectivity index (χ1n) is 9.98. The molecule has 0 amide bonds. The van der Waals surface area contributed by atoms with Gasteiger partial charge in [0.05, 0.1) is 0 Å². The topological polar surface area (TPSA) is 12.0 Å². The molecular formula is C20H43N. The number of unbranched alkanes of at least 4 members (excludes halogenated alkanes) is 14. The molecule has 0 aliphatic carbocycles. The normalized spacial score (nSPS) is 12.7. The minimum absolute atomic E-state index is 0.701. The fourth-order valence-electron chi connectivity index (χ4n) is 2.97. The molecule has 1 N–H and O–H groups in total. The molecule has 1 nitrogen and oxygen atoms in total. The second-order valence-electron chi connectivity index (χ2n) is 6.93. The van der Waals surface area contributed by atoms with Crippen LogP contribution >= 0.6 is 0 Å². The Kier molecular flexibility index (Phi) is 18.0. The van der Waals surface area contributed by atoms with Crippen LogP contribution in [0, 0.1) is 0 Å². The molecule has 1 atom stereocenters. The molecule has 1 heteroatoms. The van der Waals surface area contributed by atoms with Crippen molar-refractivity contribution < 1.29 is 0 Å². The molecule has 0 fully saturated rings. The lowest BCUT2D eigenvalue weighted by atomic mass is 10.0. The van der Waals surface area contributed by atoms with Crippen molar-refractivity contribution in [3.05, 3.63) is 0 Å². The number of hydrogen-bond acceptors (Lipinski definition) is 1. The molecule has 0 aromatic rings. The first kappa shape index (κ1) is 21.0. The van der Waals surface area contributed by atoms with Crippen molar-refractivity contribution >= 4 is 0 Å². The van der Waals surface area contributed by atoms with Gasteiger partial charge in [-0.05, 0) is 20.4 Å². The van der Waals surface area contributed by atoms with E-state index in [1.807, 2.05) is 0 Å². The summed E-state index contributed by atoms with van der Waals surface area (Å²) >= 11 is 0. The molecule has 0 rings (SSSR count). The second-order valence-corrected chi connectivity index (χ2v) is 6.93. The lowest BCUT2D eigenvalue weighted by Crippen LogP contribution is -2.20. The molecule has 0 heterocycles. The minimum Gasteiger partial charge on any atom is -0.317 e. The molecule has 0 saturated heterocycles. The Morgan fingerprint density at radius 3 is 1.24 bits per heavy atom. The van der Waals surface area contributed by atoms with Crippen LogP contribution in [0.25, 0.3) is 0 Å². The monoisotopic (exact) mass is 297 g/mol. The highest BCUT2D eigenvalue weighted by Gasteiger charge is 1.97. The third-order valence-electron chi connectivity index (χ3n) is 4.73. The Morgan fingerprint density at radius 1 is 0.571 bits per heavy atom. The van der Waals surface area contributed by atoms with Crippen LogP contribution in [-0.2, 0) is 0 Å². The first-order valence-corrected chi connectivity index (χ1v) is 9.98. The Hall–Kier alpha value is -0.0400. The summed E-state index contributed by atoms with van der Waals surface area (Å²) in [7, 11) is 2.07. The maximum absolute atomic E-state index is 3.31. The van der Waals surface area contributed by atoms with E-state index in [2.05, 4.69) is 26.2 Å². The molecule has 0 aromatic heterocycles. The summed E-state index contributed by atoms with van der Waals surface area (Å²) in [4.78, 5) is 0. The van der Waals surface area contributed by atoms with E-state index in [1.54, 1.807) is 0 Å². The zero-order chi connectivity index (χ0) is 15.6. The van der Waals surface area contributed by atoms with Gasteiger partial charge >= 0.3 is 0 Å². The van der Waals surface area contributed by atoms with Crippen molar-refractivity contribution in [1.82, 2.24) is 5.32 Å². The Labute approximate surface area is 135 Å². The quantitative estimate of drug-likeness (QED) is 0.289. The highest BCUT2D eigenvalue weighted by molar-refractivity contribution is 4.57. The molecule has 128 valence electrons. The van der Waals surface area contributed by atoms with Crippen molar-refractivity contribution in [2.75, 3.05) is 7.05 Å². The number of hydrogen-bond donors (Lipinski definition) is 1. The van der Waals surface area contributed by atoms with Crippen molar-refractivity contribution in [2.24, 2.45) is 0 Å². The largest absolute Gasteiger partial charge is 0.317 e. The van der Waals surface area contributed by atoms with Crippen molar-refractivity contribution in [3.63, 3.8) is 0 Å². The van der Waals surface area contributed by atoms with E-state index in [0.29, 0.717) is 6.04 Å². The van der Waals surface area contributed by atoms with Gasteiger partial charge in [-0.1, -0.05) is 103 Å². The number of rotatable bonds is 17. The number of nitrogens with one attached hydrogen (secondary N) is 1. The van der Waals surface area contributed by atoms with Crippen molar-refractivity contribution in [2.45, 2.75) is 123 Å². The SMILES string of the molecule is CCCCCCCCCCCCCCCCCC(C)NC. The van der Waals surface area contributed by atoms with E-state index < -0.39 is 0 Å². The summed E-state index contributed by atoms with van der Waals surface area (Å²) in [6.07, 6.45) is 23.2. The Morgan fingerprint density at radius 2 is 0.905 bits per heavy atom. The van der Waals surface area contributed by atoms with E-state index >= 15 is 0 Å². The summed E-state index contributed by atoms with van der Waals surface area (Å²) in [5.74, 6) is 0. The van der Waals surface area contributed by atoms with Gasteiger partial charge in [0.1, 0.15) is 0 Å². The standard InChI is InChI=1S/C20H43N/c1-4-5-6-7-8-9-10-11-12-13-14-15-16-17-18-19-20(2)21-3/h20-21H,4-19H2,1-3H3. The third-order valence-corrected chi connectivity index (χ3v) is 4.73. The van der Waals surface area contributed by atoms with Crippen LogP contribution in [0.5, 0.6) is 0 Å². The fourth-order valence-corrected chi connectivity index (χ4v) is 2.97. The molecule has 0 radical (unpaired) electrons. The molecule has 21 heavy (non-hydrogen) atoms. The summed E-state index contributed by atoms with van der Waals surface area (Å²) < 4.78 is 0. The molecule has 1 unspecified atom stereocenters. The maximum Gasteiger partial charge on any atom is 0.00357 e. The molecule has 0 aliphatic heterocycles. The summed E-state index contributed by atoms with van der Waals surface area (Å²) in [5, 5.41) is 3.31. The van der Waals surface area contributed by atoms with Gasteiger partial charge in [-0.15, -0.1) is 0 Å². The fraction of sp³-hybridized carbons (Fsp3) is 1.00. The second kappa shape index (κ2) is 18.0. The van der Waals surface area contributed by atoms with E-state index in [9.17, 15) is 0 Å². The van der Waals surface area contributed by atoms with Crippen molar-refractivity contribution in [1.29, 1.82) is 0 Å². The van der Waals surface area contributed by atoms with Crippen LogP contribution in [0.1, 0.15) is 117 Å². The van der Waals surface area contributed by atoms with Gasteiger partial charge < -0.3 is 5.32 Å². The maximum atomic E-state index is 3.31. The summed E-state index contributed by atoms with van der Waals surface area (Å²) in [5.41, 5.74) is 0. The van der Waals surface area contributed by atoms with Crippen LogP contribution < -0.4 is 5.32 Å². The first-order chi connectivity index (χ1) is 10.3. The predicted octanol–water partition coefficient (Wildman–Crippen LogP) is 6.86. The minimum atomic E-state index is 0.701. The smallest absolute Gasteiger partial charge is 0.00357 e. The van der Waals surface area contributed by atoms with Crippen LogP contribution in [0.2, 0.25) is 0 Å². The average Bonchev–Trinajstić information content (AvgIpc) is 2.50. The van der Waals surface area contributed by atoms with Gasteiger partial charge in [-0.3, -0.25) is 0 Å². The third kappa shape index (κ3) is 17.9. The van der Waals surface area contributed by atoms with Gasteiger partial charge in [-0.2, -0.15) is 0 Å². The van der Waals surface area contributed by atoms with E-state index in [4.69, 9.17) is 0 Å².